The molecule has 0 aliphatic carbocycles. The van der Waals surface area contributed by atoms with Gasteiger partial charge in [-0.1, -0.05) is 18.2 Å². The van der Waals surface area contributed by atoms with Crippen LogP contribution in [0.25, 0.3) is 0 Å². The smallest absolute Gasteiger partial charge is 0.214 e. The molecule has 8 heteroatoms. The number of para-hydroxylation sites is 1. The van der Waals surface area contributed by atoms with Gasteiger partial charge >= 0.3 is 0 Å². The van der Waals surface area contributed by atoms with Crippen molar-refractivity contribution in [3.63, 3.8) is 0 Å². The molecule has 0 spiro atoms. The van der Waals surface area contributed by atoms with E-state index in [9.17, 15) is 0 Å². The maximum absolute atomic E-state index is 6.60. The number of thiophene rings is 1. The minimum absolute atomic E-state index is 0.0235. The van der Waals surface area contributed by atoms with Crippen molar-refractivity contribution in [2.24, 2.45) is 5.10 Å². The van der Waals surface area contributed by atoms with E-state index in [1.54, 1.807) is 32.7 Å². The van der Waals surface area contributed by atoms with Gasteiger partial charge in [0.1, 0.15) is 0 Å². The van der Waals surface area contributed by atoms with Gasteiger partial charge in [-0.15, -0.1) is 11.3 Å². The standard InChI is InChI=1S/C25H26N2O5S/c1-5-31-19-9-6-8-16-18-14-17(22-10-7-11-33-22)26-27(18)25(32-23(16)19)15-12-20(28-2)24(30-4)21(13-15)29-3/h6-13,18,25H,5,14H2,1-4H3/t18-,25+/m0/s1. The summed E-state index contributed by atoms with van der Waals surface area (Å²) in [5.74, 6) is 3.16. The first-order valence-electron chi connectivity index (χ1n) is 10.8. The summed E-state index contributed by atoms with van der Waals surface area (Å²) < 4.78 is 29.2. The Hall–Kier alpha value is -3.39. The number of benzene rings is 2. The molecule has 7 nitrogen and oxygen atoms in total. The average Bonchev–Trinajstić information content (AvgIpc) is 3.53. The molecule has 0 N–H and O–H groups in total. The van der Waals surface area contributed by atoms with Gasteiger partial charge in [0.05, 0.1) is 44.6 Å². The van der Waals surface area contributed by atoms with Crippen LogP contribution in [0, 0.1) is 0 Å². The average molecular weight is 467 g/mol. The first kappa shape index (κ1) is 21.5. The highest BCUT2D eigenvalue weighted by Crippen LogP contribution is 2.52. The lowest BCUT2D eigenvalue weighted by Gasteiger charge is -2.39. The summed E-state index contributed by atoms with van der Waals surface area (Å²) in [5.41, 5.74) is 2.97. The second-order valence-corrected chi connectivity index (χ2v) is 8.61. The molecule has 1 aromatic heterocycles. The Balaban J connectivity index is 1.65. The summed E-state index contributed by atoms with van der Waals surface area (Å²) in [6, 6.07) is 14.0. The monoisotopic (exact) mass is 466 g/mol. The zero-order valence-corrected chi connectivity index (χ0v) is 19.8. The third kappa shape index (κ3) is 3.64. The summed E-state index contributed by atoms with van der Waals surface area (Å²) in [4.78, 5) is 1.16. The summed E-state index contributed by atoms with van der Waals surface area (Å²) in [7, 11) is 4.81. The van der Waals surface area contributed by atoms with Crippen LogP contribution in [-0.2, 0) is 0 Å². The topological polar surface area (TPSA) is 61.8 Å². The second-order valence-electron chi connectivity index (χ2n) is 7.66. The Morgan fingerprint density at radius 1 is 1.03 bits per heavy atom. The van der Waals surface area contributed by atoms with Crippen LogP contribution in [0.1, 0.15) is 41.6 Å². The number of ether oxygens (including phenoxy) is 5. The van der Waals surface area contributed by atoms with Crippen molar-refractivity contribution < 1.29 is 23.7 Å². The molecule has 0 bridgehead atoms. The molecule has 172 valence electrons. The minimum Gasteiger partial charge on any atom is -0.493 e. The number of nitrogens with zero attached hydrogens (tertiary/aromatic N) is 2. The summed E-state index contributed by atoms with van der Waals surface area (Å²) in [6.07, 6.45) is 0.295. The molecule has 3 aromatic rings. The van der Waals surface area contributed by atoms with Crippen molar-refractivity contribution in [1.29, 1.82) is 0 Å². The van der Waals surface area contributed by atoms with Crippen molar-refractivity contribution in [3.05, 3.63) is 63.8 Å². The molecular weight excluding hydrogens is 440 g/mol. The van der Waals surface area contributed by atoms with Crippen molar-refractivity contribution in [2.45, 2.75) is 25.6 Å². The lowest BCUT2D eigenvalue weighted by atomic mass is 9.97. The van der Waals surface area contributed by atoms with Crippen LogP contribution in [0.15, 0.2) is 52.9 Å². The van der Waals surface area contributed by atoms with Crippen molar-refractivity contribution in [1.82, 2.24) is 5.01 Å². The number of methoxy groups -OCH3 is 3. The van der Waals surface area contributed by atoms with Gasteiger partial charge in [-0.25, -0.2) is 5.01 Å². The summed E-state index contributed by atoms with van der Waals surface area (Å²) in [5, 5.41) is 9.13. The summed E-state index contributed by atoms with van der Waals surface area (Å²) >= 11 is 1.69. The number of rotatable bonds is 7. The molecule has 5 rings (SSSR count). The fourth-order valence-corrected chi connectivity index (χ4v) is 5.13. The number of fused-ring (bicyclic) bond motifs is 3. The normalized spacial score (nSPS) is 18.7. The minimum atomic E-state index is -0.490. The molecule has 0 amide bonds. The zero-order valence-electron chi connectivity index (χ0n) is 19.0. The van der Waals surface area contributed by atoms with E-state index in [1.807, 2.05) is 42.3 Å². The Morgan fingerprint density at radius 3 is 2.45 bits per heavy atom. The quantitative estimate of drug-likeness (QED) is 0.464. The Bertz CT molecular complexity index is 1150. The van der Waals surface area contributed by atoms with Crippen LogP contribution in [0.3, 0.4) is 0 Å². The van der Waals surface area contributed by atoms with Crippen molar-refractivity contribution in [3.8, 4) is 28.7 Å². The van der Waals surface area contributed by atoms with Crippen molar-refractivity contribution >= 4 is 17.0 Å². The lowest BCUT2D eigenvalue weighted by molar-refractivity contribution is -0.0214. The van der Waals surface area contributed by atoms with Crippen LogP contribution < -0.4 is 23.7 Å². The third-order valence-corrected chi connectivity index (χ3v) is 6.78. The van der Waals surface area contributed by atoms with Gasteiger partial charge in [0.25, 0.3) is 0 Å². The summed E-state index contributed by atoms with van der Waals surface area (Å²) in [6.45, 7) is 2.53. The molecule has 0 fully saturated rings. The molecule has 33 heavy (non-hydrogen) atoms. The Kier molecular flexibility index (Phi) is 5.76. The SMILES string of the molecule is CCOc1cccc2c1O[C@H](c1cc(OC)c(OC)c(OC)c1)N1N=C(c3cccs3)C[C@@H]21. The Morgan fingerprint density at radius 2 is 1.82 bits per heavy atom. The van der Waals surface area contributed by atoms with E-state index < -0.39 is 6.23 Å². The van der Waals surface area contributed by atoms with Crippen LogP contribution >= 0.6 is 11.3 Å². The van der Waals surface area contributed by atoms with Crippen LogP contribution in [-0.4, -0.2) is 38.7 Å². The zero-order chi connectivity index (χ0) is 22.9. The first-order chi connectivity index (χ1) is 16.2. The third-order valence-electron chi connectivity index (χ3n) is 5.86. The lowest BCUT2D eigenvalue weighted by Crippen LogP contribution is -2.34. The molecular formula is C25H26N2O5S. The van der Waals surface area contributed by atoms with E-state index in [4.69, 9.17) is 28.8 Å². The number of hydrazone groups is 1. The second kappa shape index (κ2) is 8.86. The predicted octanol–water partition coefficient (Wildman–Crippen LogP) is 5.41. The van der Waals surface area contributed by atoms with E-state index in [0.717, 1.165) is 39.6 Å². The molecule has 2 aliphatic heterocycles. The first-order valence-corrected chi connectivity index (χ1v) is 11.7. The largest absolute Gasteiger partial charge is 0.493 e. The van der Waals surface area contributed by atoms with Gasteiger partial charge in [-0.3, -0.25) is 0 Å². The van der Waals surface area contributed by atoms with Gasteiger partial charge in [-0.05, 0) is 36.6 Å². The van der Waals surface area contributed by atoms with Gasteiger partial charge in [-0.2, -0.15) is 5.10 Å². The van der Waals surface area contributed by atoms with E-state index >= 15 is 0 Å². The van der Waals surface area contributed by atoms with Gasteiger partial charge in [0.15, 0.2) is 23.0 Å². The fraction of sp³-hybridized carbons (Fsp3) is 0.320. The number of hydrogen-bond acceptors (Lipinski definition) is 8. The highest BCUT2D eigenvalue weighted by atomic mass is 32.1. The van der Waals surface area contributed by atoms with E-state index in [1.165, 1.54) is 0 Å². The maximum atomic E-state index is 6.60. The molecule has 0 radical (unpaired) electrons. The van der Waals surface area contributed by atoms with Crippen molar-refractivity contribution in [2.75, 3.05) is 27.9 Å². The molecule has 0 saturated heterocycles. The molecule has 2 aliphatic rings. The number of hydrogen-bond donors (Lipinski definition) is 0. The van der Waals surface area contributed by atoms with Gasteiger partial charge in [0.2, 0.25) is 12.0 Å². The molecule has 3 heterocycles. The molecule has 0 saturated carbocycles. The highest BCUT2D eigenvalue weighted by molar-refractivity contribution is 7.12. The van der Waals surface area contributed by atoms with Gasteiger partial charge < -0.3 is 23.7 Å². The maximum Gasteiger partial charge on any atom is 0.214 e. The molecule has 2 atom stereocenters. The predicted molar refractivity (Wildman–Crippen MR) is 127 cm³/mol. The molecule has 2 aromatic carbocycles. The van der Waals surface area contributed by atoms with E-state index in [-0.39, 0.29) is 6.04 Å². The molecule has 0 unspecified atom stereocenters. The van der Waals surface area contributed by atoms with E-state index in [2.05, 4.69) is 17.5 Å². The Labute approximate surface area is 197 Å². The highest BCUT2D eigenvalue weighted by Gasteiger charge is 2.43. The van der Waals surface area contributed by atoms with Gasteiger partial charge in [0, 0.05) is 17.5 Å². The van der Waals surface area contributed by atoms with Crippen LogP contribution in [0.5, 0.6) is 28.7 Å². The van der Waals surface area contributed by atoms with Crippen LogP contribution in [0.2, 0.25) is 0 Å². The fourth-order valence-electron chi connectivity index (χ4n) is 4.41. The van der Waals surface area contributed by atoms with Crippen LogP contribution in [0.4, 0.5) is 0 Å². The van der Waals surface area contributed by atoms with E-state index in [0.29, 0.717) is 23.9 Å².